The second-order valence-electron chi connectivity index (χ2n) is 25.3. The van der Waals surface area contributed by atoms with E-state index in [1.807, 2.05) is 0 Å². The highest BCUT2D eigenvalue weighted by molar-refractivity contribution is 5.93. The van der Waals surface area contributed by atoms with Crippen molar-refractivity contribution in [2.24, 2.45) is 5.41 Å². The maximum absolute atomic E-state index is 4.10. The van der Waals surface area contributed by atoms with Crippen LogP contribution in [0.2, 0.25) is 0 Å². The molecule has 0 spiro atoms. The lowest BCUT2D eigenvalue weighted by atomic mass is 9.53. The van der Waals surface area contributed by atoms with Crippen LogP contribution in [0.4, 0.5) is 0 Å². The van der Waals surface area contributed by atoms with Gasteiger partial charge in [0.1, 0.15) is 16.4 Å². The summed E-state index contributed by atoms with van der Waals surface area (Å²) in [6, 6.07) is 72.9. The Kier molecular flexibility index (Phi) is 10.7. The minimum absolute atomic E-state index is 0.00705. The molecule has 0 unspecified atom stereocenters. The van der Waals surface area contributed by atoms with Crippen LogP contribution in [0.5, 0.6) is 0 Å². The van der Waals surface area contributed by atoms with Crippen molar-refractivity contribution in [2.75, 3.05) is 0 Å². The third-order valence-electron chi connectivity index (χ3n) is 18.6. The van der Waals surface area contributed by atoms with Crippen LogP contribution in [0.1, 0.15) is 176 Å². The Balaban J connectivity index is 0.979. The molecule has 386 valence electrons. The first-order valence-corrected chi connectivity index (χ1v) is 28.9. The van der Waals surface area contributed by atoms with Gasteiger partial charge in [0.05, 0.1) is 30.2 Å². The molecule has 0 aliphatic heterocycles. The van der Waals surface area contributed by atoms with Crippen LogP contribution in [-0.2, 0) is 16.2 Å². The summed E-state index contributed by atoms with van der Waals surface area (Å²) in [5, 5.41) is 0. The van der Waals surface area contributed by atoms with Crippen molar-refractivity contribution in [1.29, 1.82) is 0 Å². The molecule has 9 aromatic carbocycles. The van der Waals surface area contributed by atoms with Gasteiger partial charge in [0.15, 0.2) is 0 Å². The highest BCUT2D eigenvalue weighted by Gasteiger charge is 2.52. The van der Waals surface area contributed by atoms with Crippen molar-refractivity contribution in [2.45, 2.75) is 83.5 Å². The van der Waals surface area contributed by atoms with Gasteiger partial charge in [0, 0.05) is 28.4 Å². The van der Waals surface area contributed by atoms with Crippen LogP contribution >= 0.6 is 0 Å². The van der Waals surface area contributed by atoms with Crippen molar-refractivity contribution in [1.82, 2.24) is 0 Å². The van der Waals surface area contributed by atoms with Crippen molar-refractivity contribution in [3.8, 4) is 23.7 Å². The number of fused-ring (bicyclic) bond motifs is 2. The first-order chi connectivity index (χ1) is 39.2. The fourth-order valence-electron chi connectivity index (χ4n) is 14.9. The third kappa shape index (κ3) is 7.14. The monoisotopic (exact) mass is 1030 g/mol. The predicted molar refractivity (Wildman–Crippen MR) is 333 cm³/mol. The lowest BCUT2D eigenvalue weighted by Crippen LogP contribution is -2.41. The van der Waals surface area contributed by atoms with Gasteiger partial charge in [0.25, 0.3) is 0 Å². The Hall–Kier alpha value is -9.16. The van der Waals surface area contributed by atoms with E-state index in [4.69, 9.17) is 0 Å². The molecule has 0 fully saturated rings. The Morgan fingerprint density at radius 2 is 0.778 bits per heavy atom. The van der Waals surface area contributed by atoms with Gasteiger partial charge in [-0.2, -0.15) is 0 Å². The fraction of sp³-hybridized carbons (Fsp3) is 0.173. The zero-order valence-corrected chi connectivity index (χ0v) is 47.4. The second-order valence-corrected chi connectivity index (χ2v) is 25.3. The van der Waals surface area contributed by atoms with Crippen LogP contribution in [0.3, 0.4) is 0 Å². The largest absolute Gasteiger partial charge is 0.125 e. The van der Waals surface area contributed by atoms with Gasteiger partial charge in [0.2, 0.25) is 0 Å². The van der Waals surface area contributed by atoms with E-state index in [0.29, 0.717) is 0 Å². The molecule has 17 rings (SSSR count). The van der Waals surface area contributed by atoms with E-state index < -0.39 is 10.8 Å². The Morgan fingerprint density at radius 3 is 1.11 bits per heavy atom. The van der Waals surface area contributed by atoms with Crippen LogP contribution in [0, 0.1) is 54.8 Å². The predicted octanol–water partition coefficient (Wildman–Crippen LogP) is 18.0. The van der Waals surface area contributed by atoms with E-state index in [9.17, 15) is 0 Å². The molecule has 0 nitrogen and oxygen atoms in total. The molecular formula is C81H62. The molecule has 0 heterocycles. The molecule has 4 bridgehead atoms. The lowest BCUT2D eigenvalue weighted by Gasteiger charge is -2.48. The zero-order valence-electron chi connectivity index (χ0n) is 47.4. The number of benzene rings is 9. The highest BCUT2D eigenvalue weighted by Crippen LogP contribution is 2.61. The summed E-state index contributed by atoms with van der Waals surface area (Å²) in [4.78, 5) is 0. The first-order valence-electron chi connectivity index (χ1n) is 28.9. The molecule has 0 atom stereocenters. The maximum Gasteiger partial charge on any atom is 0.125 e. The van der Waals surface area contributed by atoms with E-state index in [1.165, 1.54) is 112 Å². The van der Waals surface area contributed by atoms with Crippen molar-refractivity contribution in [3.63, 3.8) is 0 Å². The average molecular weight is 1040 g/mol. The minimum atomic E-state index is -0.646. The van der Waals surface area contributed by atoms with E-state index in [-0.39, 0.29) is 22.7 Å². The zero-order chi connectivity index (χ0) is 55.2. The van der Waals surface area contributed by atoms with E-state index >= 15 is 0 Å². The molecular weight excluding hydrogens is 973 g/mol. The molecule has 8 aliphatic carbocycles. The first kappa shape index (κ1) is 48.9. The molecule has 0 N–H and O–H groups in total. The molecule has 0 saturated heterocycles. The number of allylic oxidation sites excluding steroid dienone is 5. The second kappa shape index (κ2) is 17.7. The molecule has 0 amide bonds. The van der Waals surface area contributed by atoms with Crippen LogP contribution in [-0.4, -0.2) is 0 Å². The molecule has 0 aromatic heterocycles. The van der Waals surface area contributed by atoms with Crippen LogP contribution in [0.15, 0.2) is 230 Å². The molecule has 0 saturated carbocycles. The lowest BCUT2D eigenvalue weighted by molar-refractivity contribution is 0.473. The molecule has 9 aromatic rings. The smallest absolute Gasteiger partial charge is 0.0980 e. The fourth-order valence-corrected chi connectivity index (χ4v) is 14.9. The molecule has 81 heavy (non-hydrogen) atoms. The topological polar surface area (TPSA) is 0 Å². The van der Waals surface area contributed by atoms with Crippen molar-refractivity contribution in [3.05, 3.63) is 364 Å². The summed E-state index contributed by atoms with van der Waals surface area (Å²) in [7, 11) is 0. The number of hydrogen-bond acceptors (Lipinski definition) is 0. The number of aryl methyl sites for hydroxylation is 2. The quantitative estimate of drug-likeness (QED) is 0.0873. The van der Waals surface area contributed by atoms with Crippen molar-refractivity contribution < 1.29 is 0 Å². The summed E-state index contributed by atoms with van der Waals surface area (Å²) in [6.45, 7) is 18.4. The molecule has 0 radical (unpaired) electrons. The van der Waals surface area contributed by atoms with Gasteiger partial charge in [-0.15, -0.1) is 0 Å². The summed E-state index contributed by atoms with van der Waals surface area (Å²) in [6.07, 6.45) is 9.04. The Bertz CT molecular complexity index is 3980. The van der Waals surface area contributed by atoms with Crippen LogP contribution < -0.4 is 0 Å². The summed E-state index contributed by atoms with van der Waals surface area (Å²) >= 11 is 0. The van der Waals surface area contributed by atoms with E-state index in [0.717, 1.165) is 33.4 Å². The summed E-state index contributed by atoms with van der Waals surface area (Å²) in [5.41, 5.74) is 32.3. The number of hydrogen-bond donors (Lipinski definition) is 0. The van der Waals surface area contributed by atoms with Gasteiger partial charge >= 0.3 is 0 Å². The third-order valence-corrected chi connectivity index (χ3v) is 18.6. The standard InChI is InChI=1S/C81H62/c1-50-45-56(79(6,7)8)46-51(2)74(50)77-57-39-35-53(41-43-80-68-27-15-9-21-59(68)75(60-22-10-16-28-69(60)80)61-23-11-17-29-70(61)80)48-65(57)67(47-52-33-37-55(38-34-52)78(3,4)5)66-49-54(36-40-58(66)77)42-44-81-71-30-18-12-24-62(71)76(63-25-13-19-31-72(63)81)64-26-14-20-32-73(64)81/h9-40,45-46,48-49,75-76H,1-8H3. The van der Waals surface area contributed by atoms with Crippen LogP contribution in [0.25, 0.3) is 5.57 Å². The van der Waals surface area contributed by atoms with E-state index in [1.54, 1.807) is 0 Å². The van der Waals surface area contributed by atoms with Gasteiger partial charge < -0.3 is 0 Å². The Morgan fingerprint density at radius 1 is 0.432 bits per heavy atom. The maximum atomic E-state index is 4.10. The number of rotatable bonds is 1. The SMILES string of the molecule is Cc1cc(C(C)(C)C)cc(C)c1[C-]1c2ccc(C#CC34c5ccccc5C(c5ccccc53)c3ccccc34)cc2C(=C=C2C=C[C+](C(C)(C)C)C=C2)c2cc(C#CC34c5ccccc5C(c5ccccc53)c3ccccc34)ccc21. The normalized spacial score (nSPS) is 19.8. The van der Waals surface area contributed by atoms with E-state index in [2.05, 4.69) is 303 Å². The molecule has 0 heteroatoms. The minimum Gasteiger partial charge on any atom is -0.0980 e. The summed E-state index contributed by atoms with van der Waals surface area (Å²) < 4.78 is 0. The molecule has 8 aliphatic rings. The Labute approximate surface area is 479 Å². The van der Waals surface area contributed by atoms with Crippen molar-refractivity contribution >= 4 is 5.57 Å². The summed E-state index contributed by atoms with van der Waals surface area (Å²) in [5.74, 6) is 18.9. The highest BCUT2D eigenvalue weighted by atomic mass is 14.5. The van der Waals surface area contributed by atoms with Gasteiger partial charge in [-0.05, 0) is 98.5 Å². The van der Waals surface area contributed by atoms with Gasteiger partial charge in [-0.25, -0.2) is 0 Å². The van der Waals surface area contributed by atoms with Gasteiger partial charge in [-0.1, -0.05) is 309 Å². The van der Waals surface area contributed by atoms with Gasteiger partial charge in [-0.3, -0.25) is 0 Å². The average Bonchev–Trinajstić information content (AvgIpc) is 2.16.